The Hall–Kier alpha value is -1.79. The SMILES string of the molecule is COc1ccc(NC(N)=NCCc2csc(C(C)C)n2)cc1Cl. The van der Waals surface area contributed by atoms with Gasteiger partial charge in [0, 0.05) is 30.0 Å². The third-order valence-electron chi connectivity index (χ3n) is 3.14. The predicted octanol–water partition coefficient (Wildman–Crippen LogP) is 3.90. The smallest absolute Gasteiger partial charge is 0.193 e. The molecule has 0 saturated heterocycles. The molecule has 0 fully saturated rings. The highest BCUT2D eigenvalue weighted by Crippen LogP contribution is 2.27. The largest absolute Gasteiger partial charge is 0.495 e. The van der Waals surface area contributed by atoms with Gasteiger partial charge in [0.1, 0.15) is 5.75 Å². The zero-order valence-electron chi connectivity index (χ0n) is 13.5. The van der Waals surface area contributed by atoms with Gasteiger partial charge in [0.25, 0.3) is 0 Å². The molecule has 0 aliphatic heterocycles. The number of guanidine groups is 1. The Kier molecular flexibility index (Phi) is 6.24. The van der Waals surface area contributed by atoms with Gasteiger partial charge < -0.3 is 15.8 Å². The van der Waals surface area contributed by atoms with Crippen molar-refractivity contribution in [2.24, 2.45) is 10.7 Å². The van der Waals surface area contributed by atoms with Gasteiger partial charge in [0.2, 0.25) is 0 Å². The van der Waals surface area contributed by atoms with E-state index in [1.54, 1.807) is 30.6 Å². The van der Waals surface area contributed by atoms with Gasteiger partial charge in [-0.2, -0.15) is 0 Å². The number of nitrogens with zero attached hydrogens (tertiary/aromatic N) is 2. The van der Waals surface area contributed by atoms with Crippen molar-refractivity contribution in [2.75, 3.05) is 19.0 Å². The first-order valence-corrected chi connectivity index (χ1v) is 8.60. The summed E-state index contributed by atoms with van der Waals surface area (Å²) in [5.41, 5.74) is 7.72. The van der Waals surface area contributed by atoms with Crippen LogP contribution < -0.4 is 15.8 Å². The first kappa shape index (κ1) is 17.6. The van der Waals surface area contributed by atoms with E-state index in [9.17, 15) is 0 Å². The number of ether oxygens (including phenoxy) is 1. The fourth-order valence-electron chi connectivity index (χ4n) is 1.93. The maximum Gasteiger partial charge on any atom is 0.193 e. The molecule has 1 aromatic carbocycles. The molecule has 23 heavy (non-hydrogen) atoms. The number of benzene rings is 1. The van der Waals surface area contributed by atoms with Crippen molar-refractivity contribution >= 4 is 34.6 Å². The Morgan fingerprint density at radius 1 is 1.48 bits per heavy atom. The zero-order chi connectivity index (χ0) is 16.8. The van der Waals surface area contributed by atoms with Crippen molar-refractivity contribution in [3.05, 3.63) is 39.3 Å². The van der Waals surface area contributed by atoms with Gasteiger partial charge in [-0.05, 0) is 18.2 Å². The third-order valence-corrected chi connectivity index (χ3v) is 4.63. The Morgan fingerprint density at radius 2 is 2.26 bits per heavy atom. The van der Waals surface area contributed by atoms with Crippen LogP contribution in [0.25, 0.3) is 0 Å². The lowest BCUT2D eigenvalue weighted by molar-refractivity contribution is 0.415. The highest BCUT2D eigenvalue weighted by atomic mass is 35.5. The number of aromatic nitrogens is 1. The van der Waals surface area contributed by atoms with Crippen LogP contribution in [0.15, 0.2) is 28.6 Å². The van der Waals surface area contributed by atoms with E-state index in [-0.39, 0.29) is 0 Å². The van der Waals surface area contributed by atoms with Crippen molar-refractivity contribution < 1.29 is 4.74 Å². The van der Waals surface area contributed by atoms with Crippen molar-refractivity contribution in [1.29, 1.82) is 0 Å². The standard InChI is InChI=1S/C16H21ClN4OS/c1-10(2)15-20-12(9-23-15)6-7-19-16(18)21-11-4-5-14(22-3)13(17)8-11/h4-5,8-10H,6-7H2,1-3H3,(H3,18,19,21). The quantitative estimate of drug-likeness (QED) is 0.611. The third kappa shape index (κ3) is 5.11. The molecule has 0 saturated carbocycles. The van der Waals surface area contributed by atoms with Gasteiger partial charge in [0.15, 0.2) is 5.96 Å². The van der Waals surface area contributed by atoms with E-state index in [2.05, 4.69) is 34.5 Å². The van der Waals surface area contributed by atoms with Crippen molar-refractivity contribution in [3.63, 3.8) is 0 Å². The van der Waals surface area contributed by atoms with E-state index >= 15 is 0 Å². The van der Waals surface area contributed by atoms with Crippen LogP contribution in [0.5, 0.6) is 5.75 Å². The lowest BCUT2D eigenvalue weighted by Gasteiger charge is -2.08. The molecule has 1 heterocycles. The monoisotopic (exact) mass is 352 g/mol. The summed E-state index contributed by atoms with van der Waals surface area (Å²) in [7, 11) is 1.58. The number of hydrogen-bond donors (Lipinski definition) is 2. The Balaban J connectivity index is 1.88. The molecule has 0 atom stereocenters. The van der Waals surface area contributed by atoms with E-state index < -0.39 is 0 Å². The number of rotatable bonds is 6. The molecule has 0 aliphatic rings. The fourth-order valence-corrected chi connectivity index (χ4v) is 3.05. The molecule has 2 aromatic rings. The lowest BCUT2D eigenvalue weighted by Crippen LogP contribution is -2.23. The number of thiazole rings is 1. The number of nitrogens with one attached hydrogen (secondary N) is 1. The normalized spacial score (nSPS) is 11.8. The second kappa shape index (κ2) is 8.17. The Morgan fingerprint density at radius 3 is 2.87 bits per heavy atom. The summed E-state index contributed by atoms with van der Waals surface area (Å²) in [6, 6.07) is 5.36. The lowest BCUT2D eigenvalue weighted by atomic mass is 10.2. The van der Waals surface area contributed by atoms with Crippen LogP contribution in [0.1, 0.15) is 30.5 Å². The van der Waals surface area contributed by atoms with Crippen molar-refractivity contribution in [2.45, 2.75) is 26.2 Å². The number of anilines is 1. The minimum Gasteiger partial charge on any atom is -0.495 e. The van der Waals surface area contributed by atoms with Crippen LogP contribution in [0.4, 0.5) is 5.69 Å². The van der Waals surface area contributed by atoms with Crippen LogP contribution in [0.3, 0.4) is 0 Å². The fraction of sp³-hybridized carbons (Fsp3) is 0.375. The van der Waals surface area contributed by atoms with Gasteiger partial charge in [-0.25, -0.2) is 4.98 Å². The number of halogens is 1. The van der Waals surface area contributed by atoms with Gasteiger partial charge in [-0.3, -0.25) is 4.99 Å². The number of aliphatic imine (C=N–C) groups is 1. The summed E-state index contributed by atoms with van der Waals surface area (Å²) < 4.78 is 5.11. The van der Waals surface area contributed by atoms with Crippen LogP contribution in [0.2, 0.25) is 5.02 Å². The maximum atomic E-state index is 6.07. The van der Waals surface area contributed by atoms with Gasteiger partial charge >= 0.3 is 0 Å². The first-order valence-electron chi connectivity index (χ1n) is 7.34. The minimum atomic E-state index is 0.352. The molecule has 0 amide bonds. The summed E-state index contributed by atoms with van der Waals surface area (Å²) in [6.45, 7) is 4.87. The summed E-state index contributed by atoms with van der Waals surface area (Å²) in [4.78, 5) is 8.89. The molecule has 0 spiro atoms. The van der Waals surface area contributed by atoms with Crippen LogP contribution >= 0.6 is 22.9 Å². The Labute approximate surface area is 145 Å². The molecular formula is C16H21ClN4OS. The second-order valence-electron chi connectivity index (χ2n) is 5.32. The minimum absolute atomic E-state index is 0.352. The highest BCUT2D eigenvalue weighted by molar-refractivity contribution is 7.09. The highest BCUT2D eigenvalue weighted by Gasteiger charge is 2.06. The molecule has 2 rings (SSSR count). The van der Waals surface area contributed by atoms with E-state index in [0.717, 1.165) is 22.8 Å². The molecule has 5 nitrogen and oxygen atoms in total. The topological polar surface area (TPSA) is 72.5 Å². The molecule has 1 aromatic heterocycles. The maximum absolute atomic E-state index is 6.07. The average Bonchev–Trinajstić information content (AvgIpc) is 2.96. The van der Waals surface area contributed by atoms with Crippen LogP contribution in [-0.4, -0.2) is 24.6 Å². The molecule has 7 heteroatoms. The molecule has 0 radical (unpaired) electrons. The predicted molar refractivity (Wildman–Crippen MR) is 98.0 cm³/mol. The molecule has 3 N–H and O–H groups in total. The zero-order valence-corrected chi connectivity index (χ0v) is 15.0. The number of nitrogens with two attached hydrogens (primary N) is 1. The average molecular weight is 353 g/mol. The summed E-state index contributed by atoms with van der Waals surface area (Å²) in [5.74, 6) is 1.44. The number of methoxy groups -OCH3 is 1. The van der Waals surface area contributed by atoms with Gasteiger partial charge in [-0.1, -0.05) is 25.4 Å². The second-order valence-corrected chi connectivity index (χ2v) is 6.62. The van der Waals surface area contributed by atoms with Gasteiger partial charge in [0.05, 0.1) is 22.8 Å². The van der Waals surface area contributed by atoms with Crippen LogP contribution in [0, 0.1) is 0 Å². The van der Waals surface area contributed by atoms with E-state index in [1.807, 2.05) is 6.07 Å². The molecular weight excluding hydrogens is 332 g/mol. The summed E-state index contributed by atoms with van der Waals surface area (Å²) in [5, 5.41) is 6.77. The van der Waals surface area contributed by atoms with E-state index in [1.165, 1.54) is 0 Å². The molecule has 124 valence electrons. The van der Waals surface area contributed by atoms with Gasteiger partial charge in [-0.15, -0.1) is 11.3 Å². The number of hydrogen-bond acceptors (Lipinski definition) is 4. The van der Waals surface area contributed by atoms with E-state index in [0.29, 0.717) is 29.2 Å². The van der Waals surface area contributed by atoms with E-state index in [4.69, 9.17) is 22.1 Å². The van der Waals surface area contributed by atoms with Crippen LogP contribution in [-0.2, 0) is 6.42 Å². The summed E-state index contributed by atoms with van der Waals surface area (Å²) in [6.07, 6.45) is 0.773. The Bertz CT molecular complexity index is 684. The first-order chi connectivity index (χ1) is 11.0. The van der Waals surface area contributed by atoms with Crippen molar-refractivity contribution in [3.8, 4) is 5.75 Å². The molecule has 0 bridgehead atoms. The van der Waals surface area contributed by atoms with Crippen molar-refractivity contribution in [1.82, 2.24) is 4.98 Å². The summed E-state index contributed by atoms with van der Waals surface area (Å²) >= 11 is 7.76. The molecule has 0 unspecified atom stereocenters. The molecule has 0 aliphatic carbocycles.